The molecule has 11 nitrogen and oxygen atoms in total. The van der Waals surface area contributed by atoms with Gasteiger partial charge in [-0.3, -0.25) is 9.59 Å². The molecule has 0 radical (unpaired) electrons. The van der Waals surface area contributed by atoms with E-state index < -0.39 is 48.6 Å². The number of benzene rings is 1. The van der Waals surface area contributed by atoms with Gasteiger partial charge < -0.3 is 34.5 Å². The van der Waals surface area contributed by atoms with Crippen molar-refractivity contribution in [3.63, 3.8) is 0 Å². The number of carbonyl (C=O) groups is 4. The van der Waals surface area contributed by atoms with Crippen molar-refractivity contribution in [2.24, 2.45) is 5.73 Å². The first-order valence-electron chi connectivity index (χ1n) is 11.9. The van der Waals surface area contributed by atoms with Gasteiger partial charge in [0.15, 0.2) is 11.5 Å². The first-order chi connectivity index (χ1) is 16.8. The maximum absolute atomic E-state index is 12.2. The molecule has 1 aromatic rings. The van der Waals surface area contributed by atoms with E-state index in [2.05, 4.69) is 0 Å². The normalized spacial score (nSPS) is 13.5. The number of rotatable bonds is 13. The Labute approximate surface area is 211 Å². The molecule has 0 saturated carbocycles. The van der Waals surface area contributed by atoms with Crippen LogP contribution >= 0.6 is 0 Å². The average Bonchev–Trinajstić information content (AvgIpc) is 2.75. The number of esters is 1. The van der Waals surface area contributed by atoms with Gasteiger partial charge in [-0.05, 0) is 65.2 Å². The zero-order chi connectivity index (χ0) is 27.4. The number of hydrogen-bond acceptors (Lipinski definition) is 10. The molecule has 11 heteroatoms. The minimum atomic E-state index is -1.37. The second-order valence-electron chi connectivity index (χ2n) is 8.85. The zero-order valence-corrected chi connectivity index (χ0v) is 21.6. The van der Waals surface area contributed by atoms with Gasteiger partial charge in [0.25, 0.3) is 0 Å². The quantitative estimate of drug-likeness (QED) is 0.217. The van der Waals surface area contributed by atoms with Crippen LogP contribution in [0.15, 0.2) is 18.2 Å². The van der Waals surface area contributed by atoms with E-state index in [0.717, 1.165) is 6.42 Å². The first kappa shape index (κ1) is 30.7. The summed E-state index contributed by atoms with van der Waals surface area (Å²) in [5.41, 5.74) is 6.32. The molecule has 3 atom stereocenters. The molecule has 0 saturated heterocycles. The van der Waals surface area contributed by atoms with Crippen molar-refractivity contribution < 1.29 is 48.0 Å². The van der Waals surface area contributed by atoms with Gasteiger partial charge in [-0.25, -0.2) is 9.59 Å². The number of carbonyl (C=O) groups excluding carboxylic acids is 3. The van der Waals surface area contributed by atoms with E-state index in [9.17, 15) is 24.3 Å². The van der Waals surface area contributed by atoms with Crippen LogP contribution in [0.25, 0.3) is 0 Å². The smallest absolute Gasteiger partial charge is 0.480 e. The van der Waals surface area contributed by atoms with Gasteiger partial charge in [0, 0.05) is 12.3 Å². The molecule has 1 rings (SSSR count). The fraction of sp³-hybridized carbons (Fsp3) is 0.600. The summed E-state index contributed by atoms with van der Waals surface area (Å²) in [6, 6.07) is 2.78. The Morgan fingerprint density at radius 3 is 1.94 bits per heavy atom. The molecular formula is C25H37NO10. The van der Waals surface area contributed by atoms with E-state index in [1.54, 1.807) is 34.6 Å². The lowest BCUT2D eigenvalue weighted by Crippen LogP contribution is -2.38. The van der Waals surface area contributed by atoms with Crippen LogP contribution < -0.4 is 15.2 Å². The highest BCUT2D eigenvalue weighted by molar-refractivity contribution is 5.75. The summed E-state index contributed by atoms with van der Waals surface area (Å²) in [6.45, 7) is 10.1. The van der Waals surface area contributed by atoms with Crippen LogP contribution in [-0.4, -0.2) is 53.7 Å². The highest BCUT2D eigenvalue weighted by Gasteiger charge is 2.30. The lowest BCUT2D eigenvalue weighted by molar-refractivity contribution is -0.149. The van der Waals surface area contributed by atoms with Gasteiger partial charge in [-0.1, -0.05) is 19.4 Å². The topological polar surface area (TPSA) is 161 Å². The number of nitrogens with two attached hydrogens (primary N) is 1. The van der Waals surface area contributed by atoms with Crippen LogP contribution in [-0.2, 0) is 23.8 Å². The number of aliphatic carboxylic acids is 1. The summed E-state index contributed by atoms with van der Waals surface area (Å²) in [6.07, 6.45) is -1.81. The molecule has 0 aliphatic rings. The van der Waals surface area contributed by atoms with Crippen LogP contribution in [0.1, 0.15) is 78.7 Å². The molecule has 0 bridgehead atoms. The Morgan fingerprint density at radius 1 is 0.889 bits per heavy atom. The number of carboxylic acid groups (broad SMARTS) is 1. The van der Waals surface area contributed by atoms with Gasteiger partial charge >= 0.3 is 24.2 Å². The van der Waals surface area contributed by atoms with Crippen molar-refractivity contribution in [1.82, 2.24) is 0 Å². The van der Waals surface area contributed by atoms with Gasteiger partial charge in [-0.15, -0.1) is 0 Å². The molecule has 0 aliphatic heterocycles. The summed E-state index contributed by atoms with van der Waals surface area (Å²) in [5, 5.41) is 9.57. The molecule has 0 fully saturated rings. The third-order valence-corrected chi connectivity index (χ3v) is 4.82. The van der Waals surface area contributed by atoms with Crippen LogP contribution in [0.2, 0.25) is 0 Å². The van der Waals surface area contributed by atoms with Crippen molar-refractivity contribution in [3.8, 4) is 11.5 Å². The monoisotopic (exact) mass is 511 g/mol. The minimum absolute atomic E-state index is 0.0802. The fourth-order valence-electron chi connectivity index (χ4n) is 3.20. The third-order valence-electron chi connectivity index (χ3n) is 4.82. The molecule has 0 aliphatic carbocycles. The molecule has 1 aromatic carbocycles. The molecule has 0 aromatic heterocycles. The Balaban J connectivity index is 3.30. The maximum Gasteiger partial charge on any atom is 0.514 e. The Bertz CT molecular complexity index is 899. The summed E-state index contributed by atoms with van der Waals surface area (Å²) < 4.78 is 25.8. The highest BCUT2D eigenvalue weighted by atomic mass is 16.7. The second kappa shape index (κ2) is 14.9. The molecule has 36 heavy (non-hydrogen) atoms. The van der Waals surface area contributed by atoms with Crippen LogP contribution in [0, 0.1) is 0 Å². The molecule has 0 amide bonds. The maximum atomic E-state index is 12.2. The molecule has 2 unspecified atom stereocenters. The van der Waals surface area contributed by atoms with E-state index in [0.29, 0.717) is 12.0 Å². The van der Waals surface area contributed by atoms with Gasteiger partial charge in [0.05, 0.1) is 18.3 Å². The minimum Gasteiger partial charge on any atom is -0.480 e. The molecule has 3 N–H and O–H groups in total. The van der Waals surface area contributed by atoms with Gasteiger partial charge in [-0.2, -0.15) is 0 Å². The van der Waals surface area contributed by atoms with E-state index in [4.69, 9.17) is 29.4 Å². The average molecular weight is 512 g/mol. The molecular weight excluding hydrogens is 474 g/mol. The summed E-state index contributed by atoms with van der Waals surface area (Å²) in [4.78, 5) is 47.9. The lowest BCUT2D eigenvalue weighted by Gasteiger charge is -2.25. The van der Waals surface area contributed by atoms with Crippen molar-refractivity contribution >= 4 is 24.2 Å². The summed E-state index contributed by atoms with van der Waals surface area (Å²) in [5.74, 6) is -2.84. The van der Waals surface area contributed by atoms with Crippen LogP contribution in [0.3, 0.4) is 0 Å². The molecule has 202 valence electrons. The van der Waals surface area contributed by atoms with Gasteiger partial charge in [0.2, 0.25) is 0 Å². The number of hydrogen-bond donors (Lipinski definition) is 2. The largest absolute Gasteiger partial charge is 0.514 e. The predicted octanol–water partition coefficient (Wildman–Crippen LogP) is 4.54. The Kier molecular flexibility index (Phi) is 12.7. The van der Waals surface area contributed by atoms with Crippen molar-refractivity contribution in [2.45, 2.75) is 97.5 Å². The fourth-order valence-corrected chi connectivity index (χ4v) is 3.20. The van der Waals surface area contributed by atoms with Crippen molar-refractivity contribution in [2.75, 3.05) is 0 Å². The highest BCUT2D eigenvalue weighted by Crippen LogP contribution is 2.35. The van der Waals surface area contributed by atoms with Crippen molar-refractivity contribution in [1.29, 1.82) is 0 Å². The first-order valence-corrected chi connectivity index (χ1v) is 11.9. The van der Waals surface area contributed by atoms with Crippen molar-refractivity contribution in [3.05, 3.63) is 23.8 Å². The second-order valence-corrected chi connectivity index (χ2v) is 8.85. The number of unbranched alkanes of at least 4 members (excludes halogenated alkanes) is 1. The Hall–Kier alpha value is -3.34. The van der Waals surface area contributed by atoms with E-state index >= 15 is 0 Å². The third kappa shape index (κ3) is 10.9. The molecule has 0 heterocycles. The summed E-state index contributed by atoms with van der Waals surface area (Å²) >= 11 is 0. The lowest BCUT2D eigenvalue weighted by atomic mass is 9.87. The number of carboxylic acids is 1. The predicted molar refractivity (Wildman–Crippen MR) is 129 cm³/mol. The van der Waals surface area contributed by atoms with E-state index in [1.807, 2.05) is 6.92 Å². The Morgan fingerprint density at radius 2 is 1.44 bits per heavy atom. The number of ether oxygens (including phenoxy) is 5. The zero-order valence-electron chi connectivity index (χ0n) is 21.6. The van der Waals surface area contributed by atoms with E-state index in [1.165, 1.54) is 18.2 Å². The molecule has 0 spiro atoms. The standard InChI is InChI=1S/C25H37NO10/c1-7-8-9-21(27)34-16(6)12-18(22(26)23(28)29)17-10-11-19(35-24(30)32-14(2)3)20(13-17)36-25(31)33-15(4)5/h10-11,13-16,18,22H,7-9,12,26H2,1-6H3,(H,28,29)/t16?,18?,22-/m0/s1. The summed E-state index contributed by atoms with van der Waals surface area (Å²) in [7, 11) is 0. The van der Waals surface area contributed by atoms with Crippen LogP contribution in [0.5, 0.6) is 11.5 Å². The van der Waals surface area contributed by atoms with Gasteiger partial charge in [0.1, 0.15) is 6.04 Å². The van der Waals surface area contributed by atoms with E-state index in [-0.39, 0.29) is 30.3 Å². The SMILES string of the molecule is CCCCC(=O)OC(C)CC(c1ccc(OC(=O)OC(C)C)c(OC(=O)OC(C)C)c1)[C@H](N)C(=O)O. The van der Waals surface area contributed by atoms with Crippen LogP contribution in [0.4, 0.5) is 9.59 Å².